The van der Waals surface area contributed by atoms with Crippen LogP contribution in [0.5, 0.6) is 0 Å². The van der Waals surface area contributed by atoms with Crippen molar-refractivity contribution >= 4 is 39.9 Å². The number of imidazole rings is 1. The monoisotopic (exact) mass is 549 g/mol. The number of carbonyl (C=O) groups excluding carboxylic acids is 2. The van der Waals surface area contributed by atoms with Crippen molar-refractivity contribution in [3.63, 3.8) is 0 Å². The highest BCUT2D eigenvalue weighted by Crippen LogP contribution is 2.33. The number of hydrogen-bond acceptors (Lipinski definition) is 6. The van der Waals surface area contributed by atoms with E-state index in [1.54, 1.807) is 29.8 Å². The molecule has 1 fully saturated rings. The minimum Gasteiger partial charge on any atom is -0.444 e. The highest BCUT2D eigenvalue weighted by molar-refractivity contribution is 6.13. The summed E-state index contributed by atoms with van der Waals surface area (Å²) in [5.74, 6) is -0.888. The molecule has 1 aliphatic heterocycles. The summed E-state index contributed by atoms with van der Waals surface area (Å²) in [4.78, 5) is 32.2. The third-order valence-corrected chi connectivity index (χ3v) is 7.16. The molecule has 0 spiro atoms. The first kappa shape index (κ1) is 27.4. The minimum atomic E-state index is -0.556. The van der Waals surface area contributed by atoms with Gasteiger partial charge in [-0.3, -0.25) is 9.48 Å². The quantitative estimate of drug-likeness (QED) is 0.351. The van der Waals surface area contributed by atoms with Crippen LogP contribution in [-0.4, -0.2) is 55.4 Å². The molecule has 2 amide bonds. The molecule has 40 heavy (non-hydrogen) atoms. The summed E-state index contributed by atoms with van der Waals surface area (Å²) in [6, 6.07) is 4.97. The molecule has 4 heterocycles. The Balaban J connectivity index is 1.37. The lowest BCUT2D eigenvalue weighted by Crippen LogP contribution is -2.54. The zero-order valence-corrected chi connectivity index (χ0v) is 23.8. The van der Waals surface area contributed by atoms with Crippen LogP contribution in [0.4, 0.5) is 20.6 Å². The van der Waals surface area contributed by atoms with Crippen LogP contribution in [0.25, 0.3) is 16.6 Å². The smallest absolute Gasteiger partial charge is 0.408 e. The highest BCUT2D eigenvalue weighted by atomic mass is 19.1. The van der Waals surface area contributed by atoms with Gasteiger partial charge in [0, 0.05) is 60.9 Å². The molecule has 4 aromatic rings. The van der Waals surface area contributed by atoms with Gasteiger partial charge < -0.3 is 24.7 Å². The number of aromatic nitrogens is 4. The van der Waals surface area contributed by atoms with Crippen LogP contribution >= 0.6 is 0 Å². The summed E-state index contributed by atoms with van der Waals surface area (Å²) in [6.45, 7) is 13.4. The summed E-state index contributed by atoms with van der Waals surface area (Å²) in [5, 5.41) is 11.4. The maximum Gasteiger partial charge on any atom is 0.408 e. The van der Waals surface area contributed by atoms with E-state index in [0.29, 0.717) is 42.1 Å². The maximum absolute atomic E-state index is 14.6. The van der Waals surface area contributed by atoms with Gasteiger partial charge in [-0.2, -0.15) is 5.10 Å². The number of fused-ring (bicyclic) bond motifs is 2. The van der Waals surface area contributed by atoms with E-state index < -0.39 is 17.5 Å². The summed E-state index contributed by atoms with van der Waals surface area (Å²) in [7, 11) is 0. The Morgan fingerprint density at radius 2 is 1.88 bits per heavy atom. The number of carbonyl (C=O) groups is 2. The fourth-order valence-electron chi connectivity index (χ4n) is 5.12. The predicted octanol–water partition coefficient (Wildman–Crippen LogP) is 5.29. The van der Waals surface area contributed by atoms with Gasteiger partial charge in [0.05, 0.1) is 16.9 Å². The van der Waals surface area contributed by atoms with Gasteiger partial charge in [0.1, 0.15) is 11.1 Å². The van der Waals surface area contributed by atoms with Crippen LogP contribution in [0.15, 0.2) is 36.8 Å². The first-order valence-corrected chi connectivity index (χ1v) is 13.6. The van der Waals surface area contributed by atoms with Gasteiger partial charge in [0.25, 0.3) is 5.91 Å². The number of nitrogens with zero attached hydrogens (tertiary/aromatic N) is 5. The van der Waals surface area contributed by atoms with Crippen LogP contribution < -0.4 is 15.5 Å². The average Bonchev–Trinajstić information content (AvgIpc) is 3.46. The number of piperidine rings is 1. The molecule has 0 radical (unpaired) electrons. The van der Waals surface area contributed by atoms with E-state index in [0.717, 1.165) is 23.9 Å². The lowest BCUT2D eigenvalue weighted by molar-refractivity contribution is 0.0448. The number of alkyl carbamates (subject to hydrolysis) is 1. The number of rotatable bonds is 5. The van der Waals surface area contributed by atoms with Crippen molar-refractivity contribution in [1.82, 2.24) is 24.5 Å². The Bertz CT molecular complexity index is 1590. The van der Waals surface area contributed by atoms with Gasteiger partial charge >= 0.3 is 6.09 Å². The van der Waals surface area contributed by atoms with E-state index in [9.17, 15) is 14.0 Å². The Labute approximate surface area is 232 Å². The molecule has 2 N–H and O–H groups in total. The van der Waals surface area contributed by atoms with Crippen molar-refractivity contribution in [2.24, 2.45) is 0 Å². The topological polar surface area (TPSA) is 106 Å². The van der Waals surface area contributed by atoms with E-state index in [-0.39, 0.29) is 17.1 Å². The molecule has 5 rings (SSSR count). The number of benzene rings is 1. The lowest BCUT2D eigenvalue weighted by atomic mass is 9.89. The van der Waals surface area contributed by atoms with Crippen LogP contribution in [0, 0.1) is 12.7 Å². The van der Waals surface area contributed by atoms with Gasteiger partial charge in [-0.25, -0.2) is 14.2 Å². The molecular weight excluding hydrogens is 513 g/mol. The van der Waals surface area contributed by atoms with Gasteiger partial charge in [-0.05, 0) is 66.5 Å². The average molecular weight is 550 g/mol. The zero-order valence-electron chi connectivity index (χ0n) is 23.8. The zero-order chi connectivity index (χ0) is 28.8. The van der Waals surface area contributed by atoms with Gasteiger partial charge in [-0.1, -0.05) is 0 Å². The predicted molar refractivity (Wildman–Crippen MR) is 152 cm³/mol. The summed E-state index contributed by atoms with van der Waals surface area (Å²) in [6.07, 6.45) is 6.36. The molecule has 1 aromatic carbocycles. The van der Waals surface area contributed by atoms with Crippen molar-refractivity contribution in [2.75, 3.05) is 23.3 Å². The van der Waals surface area contributed by atoms with E-state index in [2.05, 4.69) is 25.6 Å². The van der Waals surface area contributed by atoms with Crippen molar-refractivity contribution in [2.45, 2.75) is 72.1 Å². The summed E-state index contributed by atoms with van der Waals surface area (Å²) >= 11 is 0. The second-order valence-corrected chi connectivity index (χ2v) is 11.7. The number of amides is 2. The molecule has 3 aromatic heterocycles. The highest BCUT2D eigenvalue weighted by Gasteiger charge is 2.34. The molecule has 212 valence electrons. The molecule has 0 aliphatic carbocycles. The lowest BCUT2D eigenvalue weighted by Gasteiger charge is -2.41. The molecule has 1 saturated heterocycles. The normalized spacial score (nSPS) is 15.4. The SMILES string of the molecule is CCn1cc2c(N3CCC(C)(NC(=O)OC(C)(C)C)CC3)ccc(C(=O)Nc3cc(F)c4nc(C)cn4c3)c2n1. The Morgan fingerprint density at radius 3 is 2.55 bits per heavy atom. The van der Waals surface area contributed by atoms with Crippen LogP contribution in [0.3, 0.4) is 0 Å². The number of aryl methyl sites for hydroxylation is 2. The summed E-state index contributed by atoms with van der Waals surface area (Å²) in [5.41, 5.74) is 2.25. The Kier molecular flexibility index (Phi) is 6.93. The second kappa shape index (κ2) is 10.1. The van der Waals surface area contributed by atoms with Crippen LogP contribution in [-0.2, 0) is 11.3 Å². The standard InChI is InChI=1S/C29H36FN7O3/c1-7-37-17-21-23(35-12-10-29(6,11-13-35)33-27(39)40-28(3,4)5)9-8-20(24(21)34-37)26(38)32-19-14-22(30)25-31-18(2)15-36(25)16-19/h8-9,14-17H,7,10-13H2,1-6H3,(H,32,38)(H,33,39). The largest absolute Gasteiger partial charge is 0.444 e. The number of hydrogen-bond donors (Lipinski definition) is 2. The van der Waals surface area contributed by atoms with E-state index >= 15 is 0 Å². The molecule has 1 aliphatic rings. The third kappa shape index (κ3) is 5.59. The Hall–Kier alpha value is -4.15. The van der Waals surface area contributed by atoms with Crippen LogP contribution in [0.1, 0.15) is 63.5 Å². The fraction of sp³-hybridized carbons (Fsp3) is 0.448. The molecule has 0 saturated carbocycles. The third-order valence-electron chi connectivity index (χ3n) is 7.16. The van der Waals surface area contributed by atoms with Crippen molar-refractivity contribution in [3.8, 4) is 0 Å². The van der Waals surface area contributed by atoms with E-state index in [1.807, 2.05) is 51.6 Å². The van der Waals surface area contributed by atoms with Gasteiger partial charge in [0.2, 0.25) is 0 Å². The van der Waals surface area contributed by atoms with Crippen LogP contribution in [0.2, 0.25) is 0 Å². The molecule has 0 atom stereocenters. The fourth-order valence-corrected chi connectivity index (χ4v) is 5.12. The number of nitrogens with one attached hydrogen (secondary N) is 2. The van der Waals surface area contributed by atoms with E-state index in [4.69, 9.17) is 4.74 Å². The molecule has 10 nitrogen and oxygen atoms in total. The molecule has 0 unspecified atom stereocenters. The number of ether oxygens (including phenoxy) is 1. The molecule has 11 heteroatoms. The van der Waals surface area contributed by atoms with Crippen molar-refractivity contribution in [3.05, 3.63) is 53.9 Å². The molecular formula is C29H36FN7O3. The summed E-state index contributed by atoms with van der Waals surface area (Å²) < 4.78 is 23.4. The molecule has 0 bridgehead atoms. The van der Waals surface area contributed by atoms with Gasteiger partial charge in [-0.15, -0.1) is 0 Å². The van der Waals surface area contributed by atoms with Crippen molar-refractivity contribution < 1.29 is 18.7 Å². The second-order valence-electron chi connectivity index (χ2n) is 11.7. The Morgan fingerprint density at radius 1 is 1.15 bits per heavy atom. The first-order valence-electron chi connectivity index (χ1n) is 13.6. The minimum absolute atomic E-state index is 0.211. The number of halogens is 1. The van der Waals surface area contributed by atoms with Gasteiger partial charge in [0.15, 0.2) is 11.5 Å². The maximum atomic E-state index is 14.6. The number of pyridine rings is 1. The first-order chi connectivity index (χ1) is 18.8. The van der Waals surface area contributed by atoms with E-state index in [1.165, 1.54) is 6.07 Å². The van der Waals surface area contributed by atoms with Crippen molar-refractivity contribution in [1.29, 1.82) is 0 Å². The number of anilines is 2.